The normalized spacial score (nSPS) is 15.5. The highest BCUT2D eigenvalue weighted by Gasteiger charge is 2.27. The molecule has 1 aliphatic heterocycles. The van der Waals surface area contributed by atoms with Gasteiger partial charge in [-0.05, 0) is 36.8 Å². The van der Waals surface area contributed by atoms with Gasteiger partial charge in [-0.3, -0.25) is 4.79 Å². The number of hydrogen-bond acceptors (Lipinski definition) is 2. The van der Waals surface area contributed by atoms with Gasteiger partial charge < -0.3 is 5.32 Å². The number of nitrogens with one attached hydrogen (secondary N) is 1. The molecule has 0 saturated heterocycles. The van der Waals surface area contributed by atoms with E-state index >= 15 is 0 Å². The lowest BCUT2D eigenvalue weighted by Gasteiger charge is -2.03. The van der Waals surface area contributed by atoms with E-state index in [0.29, 0.717) is 10.7 Å². The molecule has 1 amide bonds. The van der Waals surface area contributed by atoms with E-state index < -0.39 is 0 Å². The second kappa shape index (κ2) is 4.52. The summed E-state index contributed by atoms with van der Waals surface area (Å²) in [7, 11) is 0. The summed E-state index contributed by atoms with van der Waals surface area (Å²) in [5.41, 5.74) is 3.65. The number of halogens is 1. The topological polar surface area (TPSA) is 41.5 Å². The van der Waals surface area contributed by atoms with Crippen molar-refractivity contribution in [3.8, 4) is 0 Å². The van der Waals surface area contributed by atoms with Crippen LogP contribution in [-0.2, 0) is 4.79 Å². The van der Waals surface area contributed by atoms with E-state index in [1.54, 1.807) is 6.07 Å². The molecule has 0 bridgehead atoms. The largest absolute Gasteiger partial charge is 0.320 e. The molecule has 0 aromatic heterocycles. The van der Waals surface area contributed by atoms with Gasteiger partial charge in [0.2, 0.25) is 0 Å². The minimum absolute atomic E-state index is 0.191. The molecule has 0 atom stereocenters. The van der Waals surface area contributed by atoms with Crippen molar-refractivity contribution in [2.45, 2.75) is 6.92 Å². The van der Waals surface area contributed by atoms with Gasteiger partial charge in [0.1, 0.15) is 5.71 Å². The fourth-order valence-corrected chi connectivity index (χ4v) is 2.41. The first-order chi connectivity index (χ1) is 9.15. The average molecular weight is 271 g/mol. The van der Waals surface area contributed by atoms with Crippen LogP contribution >= 0.6 is 11.6 Å². The van der Waals surface area contributed by atoms with Gasteiger partial charge in [-0.15, -0.1) is 0 Å². The van der Waals surface area contributed by atoms with Gasteiger partial charge in [-0.25, -0.2) is 4.99 Å². The van der Waals surface area contributed by atoms with Crippen LogP contribution in [-0.4, -0.2) is 11.6 Å². The van der Waals surface area contributed by atoms with Crippen LogP contribution in [0.2, 0.25) is 5.02 Å². The van der Waals surface area contributed by atoms with Gasteiger partial charge in [0.15, 0.2) is 0 Å². The van der Waals surface area contributed by atoms with Crippen molar-refractivity contribution in [1.29, 1.82) is 0 Å². The molecule has 0 spiro atoms. The molecule has 1 N–H and O–H groups in total. The van der Waals surface area contributed by atoms with Crippen molar-refractivity contribution in [2.24, 2.45) is 4.99 Å². The molecule has 0 fully saturated rings. The Morgan fingerprint density at radius 2 is 1.89 bits per heavy atom. The van der Waals surface area contributed by atoms with Crippen molar-refractivity contribution in [1.82, 2.24) is 0 Å². The minimum Gasteiger partial charge on any atom is -0.320 e. The zero-order valence-corrected chi connectivity index (χ0v) is 11.0. The molecule has 0 aliphatic carbocycles. The quantitative estimate of drug-likeness (QED) is 0.843. The van der Waals surface area contributed by atoms with Crippen LogP contribution in [0.5, 0.6) is 0 Å². The van der Waals surface area contributed by atoms with Crippen molar-refractivity contribution in [3.63, 3.8) is 0 Å². The molecule has 94 valence electrons. The van der Waals surface area contributed by atoms with E-state index in [1.165, 1.54) is 0 Å². The fraction of sp³-hybridized carbons (Fsp3) is 0.0667. The smallest absolute Gasteiger partial charge is 0.275 e. The molecular formula is C15H11ClN2O. The Labute approximate surface area is 115 Å². The average Bonchev–Trinajstić information content (AvgIpc) is 2.69. The Hall–Kier alpha value is -2.13. The lowest BCUT2D eigenvalue weighted by molar-refractivity contribution is -0.110. The zero-order valence-electron chi connectivity index (χ0n) is 10.3. The van der Waals surface area contributed by atoms with Crippen LogP contribution in [0, 0.1) is 6.92 Å². The summed E-state index contributed by atoms with van der Waals surface area (Å²) in [6, 6.07) is 13.0. The summed E-state index contributed by atoms with van der Waals surface area (Å²) in [6.45, 7) is 1.91. The van der Waals surface area contributed by atoms with Crippen LogP contribution in [0.3, 0.4) is 0 Å². The third-order valence-corrected chi connectivity index (χ3v) is 3.22. The summed E-state index contributed by atoms with van der Waals surface area (Å²) < 4.78 is 0. The molecule has 2 aromatic rings. The maximum atomic E-state index is 12.0. The number of fused-ring (bicyclic) bond motifs is 1. The van der Waals surface area contributed by atoms with E-state index in [-0.39, 0.29) is 5.91 Å². The number of aliphatic imine (C=N–C) groups is 1. The fourth-order valence-electron chi connectivity index (χ4n) is 2.13. The first kappa shape index (κ1) is 11.9. The SMILES string of the molecule is Cc1cc(Cl)cc2c1NC(=O)/C2=N\c1ccccc1. The second-order valence-corrected chi connectivity index (χ2v) is 4.83. The van der Waals surface area contributed by atoms with Crippen LogP contribution < -0.4 is 5.32 Å². The van der Waals surface area contributed by atoms with E-state index in [4.69, 9.17) is 11.6 Å². The number of aryl methyl sites for hydroxylation is 1. The number of nitrogens with zero attached hydrogens (tertiary/aromatic N) is 1. The van der Waals surface area contributed by atoms with Gasteiger partial charge in [0.25, 0.3) is 5.91 Å². The number of amides is 1. The predicted octanol–water partition coefficient (Wildman–Crippen LogP) is 3.72. The van der Waals surface area contributed by atoms with Crippen LogP contribution in [0.25, 0.3) is 0 Å². The third-order valence-electron chi connectivity index (χ3n) is 3.01. The van der Waals surface area contributed by atoms with E-state index in [2.05, 4.69) is 10.3 Å². The first-order valence-corrected chi connectivity index (χ1v) is 6.28. The van der Waals surface area contributed by atoms with Crippen molar-refractivity contribution >= 4 is 34.6 Å². The Morgan fingerprint density at radius 3 is 2.63 bits per heavy atom. The summed E-state index contributed by atoms with van der Waals surface area (Å²) in [4.78, 5) is 16.4. The highest BCUT2D eigenvalue weighted by molar-refractivity contribution is 6.54. The van der Waals surface area contributed by atoms with E-state index in [1.807, 2.05) is 43.3 Å². The maximum Gasteiger partial charge on any atom is 0.275 e. The van der Waals surface area contributed by atoms with Crippen LogP contribution in [0.15, 0.2) is 47.5 Å². The standard InChI is InChI=1S/C15H11ClN2O/c1-9-7-10(16)8-12-13(9)18-15(19)14(12)17-11-5-3-2-4-6-11/h2-8H,1H3,(H,17,18,19). The predicted molar refractivity (Wildman–Crippen MR) is 77.5 cm³/mol. The van der Waals surface area contributed by atoms with Gasteiger partial charge in [0, 0.05) is 10.6 Å². The van der Waals surface area contributed by atoms with Gasteiger partial charge in [0.05, 0.1) is 11.4 Å². The molecule has 19 heavy (non-hydrogen) atoms. The second-order valence-electron chi connectivity index (χ2n) is 4.40. The number of hydrogen-bond donors (Lipinski definition) is 1. The molecule has 3 rings (SSSR count). The lowest BCUT2D eigenvalue weighted by atomic mass is 10.1. The van der Waals surface area contributed by atoms with Gasteiger partial charge >= 0.3 is 0 Å². The Kier molecular flexibility index (Phi) is 2.84. The highest BCUT2D eigenvalue weighted by Crippen LogP contribution is 2.31. The Bertz CT molecular complexity index is 693. The monoisotopic (exact) mass is 270 g/mol. The third kappa shape index (κ3) is 2.13. The lowest BCUT2D eigenvalue weighted by Crippen LogP contribution is -2.13. The number of carbonyl (C=O) groups excluding carboxylic acids is 1. The molecule has 0 saturated carbocycles. The first-order valence-electron chi connectivity index (χ1n) is 5.91. The summed E-state index contributed by atoms with van der Waals surface area (Å²) >= 11 is 6.05. The highest BCUT2D eigenvalue weighted by atomic mass is 35.5. The summed E-state index contributed by atoms with van der Waals surface area (Å²) in [6.07, 6.45) is 0. The molecule has 1 aliphatic rings. The maximum absolute atomic E-state index is 12.0. The van der Waals surface area contributed by atoms with Gasteiger partial charge in [-0.2, -0.15) is 0 Å². The van der Waals surface area contributed by atoms with Crippen molar-refractivity contribution in [2.75, 3.05) is 5.32 Å². The molecule has 2 aromatic carbocycles. The number of rotatable bonds is 1. The summed E-state index contributed by atoms with van der Waals surface area (Å²) in [5, 5.41) is 3.44. The zero-order chi connectivity index (χ0) is 13.4. The van der Waals surface area contributed by atoms with E-state index in [9.17, 15) is 4.79 Å². The molecular weight excluding hydrogens is 260 g/mol. The number of anilines is 1. The summed E-state index contributed by atoms with van der Waals surface area (Å²) in [5.74, 6) is -0.191. The van der Waals surface area contributed by atoms with Crippen molar-refractivity contribution in [3.05, 3.63) is 58.6 Å². The Morgan fingerprint density at radius 1 is 1.16 bits per heavy atom. The molecule has 4 heteroatoms. The minimum atomic E-state index is -0.191. The van der Waals surface area contributed by atoms with E-state index in [0.717, 1.165) is 22.5 Å². The molecule has 0 radical (unpaired) electrons. The molecule has 0 unspecified atom stereocenters. The number of para-hydroxylation sites is 1. The van der Waals surface area contributed by atoms with Gasteiger partial charge in [-0.1, -0.05) is 29.8 Å². The molecule has 1 heterocycles. The number of benzene rings is 2. The molecule has 3 nitrogen and oxygen atoms in total. The Balaban J connectivity index is 2.16. The van der Waals surface area contributed by atoms with Crippen LogP contribution in [0.1, 0.15) is 11.1 Å². The van der Waals surface area contributed by atoms with Crippen molar-refractivity contribution < 1.29 is 4.79 Å². The van der Waals surface area contributed by atoms with Crippen LogP contribution in [0.4, 0.5) is 11.4 Å². The number of carbonyl (C=O) groups is 1.